The monoisotopic (exact) mass is 385 g/mol. The van der Waals surface area contributed by atoms with Gasteiger partial charge in [0.15, 0.2) is 0 Å². The van der Waals surface area contributed by atoms with E-state index in [0.717, 1.165) is 49.8 Å². The average Bonchev–Trinajstić information content (AvgIpc) is 3.33. The number of likely N-dealkylation sites (tertiary alicyclic amines) is 1. The SMILES string of the molecule is CC(=O)NC[C@H]1[C@H]2CN(C(=O)c3cc4c([nH]c3=O)CCCC4)C[C@]23CC[C@H]1O3. The van der Waals surface area contributed by atoms with Crippen molar-refractivity contribution in [2.75, 3.05) is 19.6 Å². The van der Waals surface area contributed by atoms with Gasteiger partial charge in [-0.3, -0.25) is 14.4 Å². The molecule has 4 heterocycles. The van der Waals surface area contributed by atoms with Crippen LogP contribution in [0.2, 0.25) is 0 Å². The van der Waals surface area contributed by atoms with Crippen molar-refractivity contribution in [3.8, 4) is 0 Å². The summed E-state index contributed by atoms with van der Waals surface area (Å²) in [6.45, 7) is 3.25. The molecule has 0 aromatic carbocycles. The van der Waals surface area contributed by atoms with Crippen LogP contribution in [0.15, 0.2) is 10.9 Å². The summed E-state index contributed by atoms with van der Waals surface area (Å²) in [5.41, 5.74) is 1.77. The van der Waals surface area contributed by atoms with Gasteiger partial charge in [0.1, 0.15) is 5.56 Å². The molecular formula is C21H27N3O4. The number of hydrogen-bond acceptors (Lipinski definition) is 4. The zero-order chi connectivity index (χ0) is 19.5. The predicted molar refractivity (Wildman–Crippen MR) is 102 cm³/mol. The molecule has 1 aliphatic carbocycles. The molecule has 3 fully saturated rings. The van der Waals surface area contributed by atoms with E-state index < -0.39 is 0 Å². The highest BCUT2D eigenvalue weighted by atomic mass is 16.5. The van der Waals surface area contributed by atoms with Gasteiger partial charge in [0, 0.05) is 37.5 Å². The summed E-state index contributed by atoms with van der Waals surface area (Å²) in [5, 5.41) is 2.92. The first-order chi connectivity index (χ1) is 13.5. The summed E-state index contributed by atoms with van der Waals surface area (Å²) in [5.74, 6) is 0.225. The van der Waals surface area contributed by atoms with E-state index in [9.17, 15) is 14.4 Å². The van der Waals surface area contributed by atoms with Crippen LogP contribution in [0.25, 0.3) is 0 Å². The van der Waals surface area contributed by atoms with E-state index in [2.05, 4.69) is 10.3 Å². The van der Waals surface area contributed by atoms with E-state index in [4.69, 9.17) is 4.74 Å². The third-order valence-corrected chi connectivity index (χ3v) is 7.23. The molecular weight excluding hydrogens is 358 g/mol. The fourth-order valence-corrected chi connectivity index (χ4v) is 5.88. The standard InChI is InChI=1S/C21H27N3O4/c1-12(25)22-9-15-16-10-24(11-21(16)7-6-18(15)28-21)20(27)14-8-13-4-2-3-5-17(13)23-19(14)26/h8,15-16,18H,2-7,9-11H2,1H3,(H,22,25)(H,23,26)/t15-,16+,18+,21+/m0/s1. The molecule has 1 spiro atoms. The zero-order valence-corrected chi connectivity index (χ0v) is 16.3. The number of nitrogens with zero attached hydrogens (tertiary/aromatic N) is 1. The second-order valence-electron chi connectivity index (χ2n) is 8.88. The van der Waals surface area contributed by atoms with Gasteiger partial charge in [-0.25, -0.2) is 0 Å². The number of rotatable bonds is 3. The Morgan fingerprint density at radius 3 is 3.00 bits per heavy atom. The Labute approximate surface area is 163 Å². The van der Waals surface area contributed by atoms with E-state index in [0.29, 0.717) is 19.6 Å². The van der Waals surface area contributed by atoms with Crippen molar-refractivity contribution in [3.63, 3.8) is 0 Å². The number of aryl methyl sites for hydroxylation is 2. The summed E-state index contributed by atoms with van der Waals surface area (Å²) in [6, 6.07) is 1.81. The first kappa shape index (κ1) is 17.9. The number of H-pyrrole nitrogens is 1. The van der Waals surface area contributed by atoms with Crippen LogP contribution in [0, 0.1) is 11.8 Å². The molecule has 2 amide bonds. The van der Waals surface area contributed by atoms with Crippen LogP contribution in [-0.4, -0.2) is 53.0 Å². The second-order valence-corrected chi connectivity index (χ2v) is 8.88. The van der Waals surface area contributed by atoms with E-state index in [1.807, 2.05) is 6.07 Å². The van der Waals surface area contributed by atoms with Crippen molar-refractivity contribution < 1.29 is 14.3 Å². The van der Waals surface area contributed by atoms with Gasteiger partial charge in [-0.05, 0) is 50.2 Å². The molecule has 7 heteroatoms. The number of carbonyl (C=O) groups excluding carboxylic acids is 2. The number of amides is 2. The number of nitrogens with one attached hydrogen (secondary N) is 2. The molecule has 150 valence electrons. The molecule has 3 saturated heterocycles. The van der Waals surface area contributed by atoms with Crippen LogP contribution in [0.4, 0.5) is 0 Å². The van der Waals surface area contributed by atoms with Crippen molar-refractivity contribution in [2.45, 2.75) is 57.2 Å². The van der Waals surface area contributed by atoms with Gasteiger partial charge in [-0.2, -0.15) is 0 Å². The Morgan fingerprint density at radius 1 is 1.36 bits per heavy atom. The van der Waals surface area contributed by atoms with Gasteiger partial charge < -0.3 is 19.9 Å². The first-order valence-electron chi connectivity index (χ1n) is 10.4. The minimum atomic E-state index is -0.301. The van der Waals surface area contributed by atoms with Gasteiger partial charge in [0.2, 0.25) is 5.91 Å². The van der Waals surface area contributed by atoms with Gasteiger partial charge in [0.25, 0.3) is 11.5 Å². The molecule has 0 radical (unpaired) electrons. The minimum absolute atomic E-state index is 0.0386. The third-order valence-electron chi connectivity index (χ3n) is 7.23. The Bertz CT molecular complexity index is 894. The molecule has 0 unspecified atom stereocenters. The van der Waals surface area contributed by atoms with Crippen molar-refractivity contribution in [2.24, 2.45) is 11.8 Å². The second kappa shape index (κ2) is 6.44. The molecule has 4 atom stereocenters. The summed E-state index contributed by atoms with van der Waals surface area (Å²) in [6.07, 6.45) is 6.07. The third kappa shape index (κ3) is 2.70. The predicted octanol–water partition coefficient (Wildman–Crippen LogP) is 1.01. The van der Waals surface area contributed by atoms with Gasteiger partial charge >= 0.3 is 0 Å². The molecule has 2 bridgehead atoms. The highest BCUT2D eigenvalue weighted by Gasteiger charge is 2.63. The maximum absolute atomic E-state index is 13.2. The zero-order valence-electron chi connectivity index (χ0n) is 16.3. The highest BCUT2D eigenvalue weighted by molar-refractivity contribution is 5.94. The quantitative estimate of drug-likeness (QED) is 0.812. The van der Waals surface area contributed by atoms with Crippen LogP contribution >= 0.6 is 0 Å². The fraction of sp³-hybridized carbons (Fsp3) is 0.667. The molecule has 2 N–H and O–H groups in total. The smallest absolute Gasteiger partial charge is 0.261 e. The molecule has 3 aliphatic heterocycles. The minimum Gasteiger partial charge on any atom is -0.369 e. The molecule has 5 rings (SSSR count). The lowest BCUT2D eigenvalue weighted by Gasteiger charge is -2.29. The van der Waals surface area contributed by atoms with Crippen molar-refractivity contribution in [1.82, 2.24) is 15.2 Å². The fourth-order valence-electron chi connectivity index (χ4n) is 5.88. The molecule has 1 aromatic heterocycles. The van der Waals surface area contributed by atoms with Gasteiger partial charge in [-0.1, -0.05) is 0 Å². The lowest BCUT2D eigenvalue weighted by molar-refractivity contribution is -0.119. The Hall–Kier alpha value is -2.15. The lowest BCUT2D eigenvalue weighted by Crippen LogP contribution is -2.41. The van der Waals surface area contributed by atoms with Crippen molar-refractivity contribution in [1.29, 1.82) is 0 Å². The average molecular weight is 385 g/mol. The van der Waals surface area contributed by atoms with E-state index >= 15 is 0 Å². The van der Waals surface area contributed by atoms with Crippen LogP contribution in [0.3, 0.4) is 0 Å². The number of aromatic amines is 1. The number of ether oxygens (including phenoxy) is 1. The molecule has 1 aromatic rings. The van der Waals surface area contributed by atoms with Crippen molar-refractivity contribution >= 4 is 11.8 Å². The normalized spacial score (nSPS) is 32.9. The largest absolute Gasteiger partial charge is 0.369 e. The summed E-state index contributed by atoms with van der Waals surface area (Å²) in [7, 11) is 0. The van der Waals surface area contributed by atoms with Crippen LogP contribution in [0.5, 0.6) is 0 Å². The Balaban J connectivity index is 1.38. The maximum atomic E-state index is 13.2. The van der Waals surface area contributed by atoms with Crippen LogP contribution in [0.1, 0.15) is 54.2 Å². The van der Waals surface area contributed by atoms with Crippen LogP contribution < -0.4 is 10.9 Å². The Morgan fingerprint density at radius 2 is 2.18 bits per heavy atom. The number of pyridine rings is 1. The number of aromatic nitrogens is 1. The van der Waals surface area contributed by atoms with E-state index in [1.165, 1.54) is 6.92 Å². The Kier molecular flexibility index (Phi) is 4.12. The van der Waals surface area contributed by atoms with E-state index in [-0.39, 0.29) is 46.5 Å². The molecule has 4 aliphatic rings. The number of fused-ring (bicyclic) bond motifs is 2. The summed E-state index contributed by atoms with van der Waals surface area (Å²) in [4.78, 5) is 41.9. The highest BCUT2D eigenvalue weighted by Crippen LogP contribution is 2.54. The first-order valence-corrected chi connectivity index (χ1v) is 10.4. The van der Waals surface area contributed by atoms with E-state index in [1.54, 1.807) is 4.90 Å². The van der Waals surface area contributed by atoms with Crippen LogP contribution in [-0.2, 0) is 22.4 Å². The number of hydrogen-bond donors (Lipinski definition) is 2. The molecule has 7 nitrogen and oxygen atoms in total. The lowest BCUT2D eigenvalue weighted by atomic mass is 9.73. The molecule has 0 saturated carbocycles. The van der Waals surface area contributed by atoms with Gasteiger partial charge in [0.05, 0.1) is 18.2 Å². The number of carbonyl (C=O) groups is 2. The summed E-state index contributed by atoms with van der Waals surface area (Å²) < 4.78 is 6.33. The molecule has 28 heavy (non-hydrogen) atoms. The van der Waals surface area contributed by atoms with Crippen molar-refractivity contribution in [3.05, 3.63) is 33.2 Å². The maximum Gasteiger partial charge on any atom is 0.261 e. The summed E-state index contributed by atoms with van der Waals surface area (Å²) >= 11 is 0. The van der Waals surface area contributed by atoms with Gasteiger partial charge in [-0.15, -0.1) is 0 Å². The topological polar surface area (TPSA) is 91.5 Å².